The maximum Gasteiger partial charge on any atom is 0.262 e. The number of hydrogen-bond acceptors (Lipinski definition) is 4. The first kappa shape index (κ1) is 17.3. The molecule has 4 nitrogen and oxygen atoms in total. The first-order valence-electron chi connectivity index (χ1n) is 7.81. The molecule has 0 bridgehead atoms. The molecule has 0 fully saturated rings. The lowest BCUT2D eigenvalue weighted by Gasteiger charge is -2.17. The zero-order valence-corrected chi connectivity index (χ0v) is 14.8. The predicted molar refractivity (Wildman–Crippen MR) is 93.7 cm³/mol. The number of thiophene rings is 1. The number of carbonyl (C=O) groups excluding carboxylic acids is 1. The van der Waals surface area contributed by atoms with E-state index in [2.05, 4.69) is 5.32 Å². The molecule has 5 heteroatoms. The largest absolute Gasteiger partial charge is 0.490 e. The van der Waals surface area contributed by atoms with Gasteiger partial charge in [-0.05, 0) is 62.4 Å². The smallest absolute Gasteiger partial charge is 0.262 e. The van der Waals surface area contributed by atoms with Crippen LogP contribution in [0.4, 0.5) is 0 Å². The van der Waals surface area contributed by atoms with Crippen molar-refractivity contribution < 1.29 is 14.3 Å². The molecule has 0 aliphatic heterocycles. The SMILES string of the molecule is CCOc1ccc(C(C)NC(=O)c2sccc2C)cc1OCC. The number of ether oxygens (including phenoxy) is 2. The van der Waals surface area contributed by atoms with Crippen molar-refractivity contribution in [3.8, 4) is 11.5 Å². The van der Waals surface area contributed by atoms with Gasteiger partial charge in [0.15, 0.2) is 11.5 Å². The van der Waals surface area contributed by atoms with E-state index in [1.807, 2.05) is 57.3 Å². The Morgan fingerprint density at radius 2 is 1.87 bits per heavy atom. The van der Waals surface area contributed by atoms with Crippen LogP contribution >= 0.6 is 11.3 Å². The Labute approximate surface area is 141 Å². The number of benzene rings is 1. The van der Waals surface area contributed by atoms with Crippen molar-refractivity contribution in [2.45, 2.75) is 33.7 Å². The van der Waals surface area contributed by atoms with Crippen LogP contribution in [0.5, 0.6) is 11.5 Å². The third-order valence-electron chi connectivity index (χ3n) is 3.48. The summed E-state index contributed by atoms with van der Waals surface area (Å²) < 4.78 is 11.2. The molecule has 2 aromatic rings. The van der Waals surface area contributed by atoms with Gasteiger partial charge in [-0.1, -0.05) is 6.07 Å². The minimum Gasteiger partial charge on any atom is -0.490 e. The molecule has 1 heterocycles. The summed E-state index contributed by atoms with van der Waals surface area (Å²) in [4.78, 5) is 13.1. The Balaban J connectivity index is 2.15. The Morgan fingerprint density at radius 3 is 2.48 bits per heavy atom. The van der Waals surface area contributed by atoms with Gasteiger partial charge in [0.1, 0.15) is 0 Å². The quantitative estimate of drug-likeness (QED) is 0.819. The van der Waals surface area contributed by atoms with Crippen molar-refractivity contribution in [3.05, 3.63) is 45.6 Å². The zero-order valence-electron chi connectivity index (χ0n) is 14.0. The summed E-state index contributed by atoms with van der Waals surface area (Å²) in [7, 11) is 0. The van der Waals surface area contributed by atoms with Crippen LogP contribution in [-0.4, -0.2) is 19.1 Å². The van der Waals surface area contributed by atoms with Gasteiger partial charge in [-0.15, -0.1) is 11.3 Å². The van der Waals surface area contributed by atoms with Gasteiger partial charge in [-0.3, -0.25) is 4.79 Å². The van der Waals surface area contributed by atoms with E-state index in [9.17, 15) is 4.79 Å². The number of aryl methyl sites for hydroxylation is 1. The van der Waals surface area contributed by atoms with Gasteiger partial charge >= 0.3 is 0 Å². The summed E-state index contributed by atoms with van der Waals surface area (Å²) >= 11 is 1.46. The molecule has 23 heavy (non-hydrogen) atoms. The third-order valence-corrected chi connectivity index (χ3v) is 4.50. The molecule has 0 saturated heterocycles. The van der Waals surface area contributed by atoms with Gasteiger partial charge < -0.3 is 14.8 Å². The second-order valence-electron chi connectivity index (χ2n) is 5.20. The molecule has 1 unspecified atom stereocenters. The molecule has 1 atom stereocenters. The number of nitrogens with one attached hydrogen (secondary N) is 1. The van der Waals surface area contributed by atoms with Gasteiger partial charge in [-0.25, -0.2) is 0 Å². The first-order valence-corrected chi connectivity index (χ1v) is 8.69. The second-order valence-corrected chi connectivity index (χ2v) is 6.12. The molecular formula is C18H23NO3S. The summed E-state index contributed by atoms with van der Waals surface area (Å²) in [5, 5.41) is 4.96. The van der Waals surface area contributed by atoms with Crippen LogP contribution < -0.4 is 14.8 Å². The van der Waals surface area contributed by atoms with Crippen molar-refractivity contribution in [3.63, 3.8) is 0 Å². The molecule has 1 N–H and O–H groups in total. The highest BCUT2D eigenvalue weighted by atomic mass is 32.1. The fourth-order valence-electron chi connectivity index (χ4n) is 2.29. The summed E-state index contributed by atoms with van der Waals surface area (Å²) in [5.74, 6) is 1.39. The molecule has 1 aromatic heterocycles. The fraction of sp³-hybridized carbons (Fsp3) is 0.389. The lowest BCUT2D eigenvalue weighted by Crippen LogP contribution is -2.26. The predicted octanol–water partition coefficient (Wildman–Crippen LogP) is 4.34. The van der Waals surface area contributed by atoms with E-state index < -0.39 is 0 Å². The van der Waals surface area contributed by atoms with E-state index in [1.54, 1.807) is 0 Å². The number of amides is 1. The number of carbonyl (C=O) groups is 1. The topological polar surface area (TPSA) is 47.6 Å². The highest BCUT2D eigenvalue weighted by Crippen LogP contribution is 2.31. The lowest BCUT2D eigenvalue weighted by molar-refractivity contribution is 0.0943. The zero-order chi connectivity index (χ0) is 16.8. The summed E-state index contributed by atoms with van der Waals surface area (Å²) in [6, 6.07) is 7.62. The molecule has 1 amide bonds. The van der Waals surface area contributed by atoms with E-state index in [-0.39, 0.29) is 11.9 Å². The van der Waals surface area contributed by atoms with Crippen molar-refractivity contribution in [1.82, 2.24) is 5.32 Å². The van der Waals surface area contributed by atoms with Gasteiger partial charge in [0.25, 0.3) is 5.91 Å². The van der Waals surface area contributed by atoms with Crippen LogP contribution in [0, 0.1) is 6.92 Å². The van der Waals surface area contributed by atoms with E-state index in [0.29, 0.717) is 19.0 Å². The third kappa shape index (κ3) is 4.26. The molecule has 1 aromatic carbocycles. The van der Waals surface area contributed by atoms with Gasteiger partial charge in [0.05, 0.1) is 24.1 Å². The molecule has 0 spiro atoms. The fourth-order valence-corrected chi connectivity index (χ4v) is 3.12. The maximum absolute atomic E-state index is 12.3. The highest BCUT2D eigenvalue weighted by molar-refractivity contribution is 7.12. The Hall–Kier alpha value is -2.01. The molecule has 0 saturated carbocycles. The highest BCUT2D eigenvalue weighted by Gasteiger charge is 2.16. The monoisotopic (exact) mass is 333 g/mol. The summed E-state index contributed by atoms with van der Waals surface area (Å²) in [5.41, 5.74) is 1.99. The van der Waals surface area contributed by atoms with Crippen LogP contribution in [-0.2, 0) is 0 Å². The maximum atomic E-state index is 12.3. The Morgan fingerprint density at radius 1 is 1.17 bits per heavy atom. The standard InChI is InChI=1S/C18H23NO3S/c1-5-21-15-8-7-14(11-16(15)22-6-2)13(4)19-18(20)17-12(3)9-10-23-17/h7-11,13H,5-6H2,1-4H3,(H,19,20). The van der Waals surface area contributed by atoms with E-state index >= 15 is 0 Å². The Kier molecular flexibility index (Phi) is 6.04. The first-order chi connectivity index (χ1) is 11.1. The molecule has 0 aliphatic rings. The molecule has 0 radical (unpaired) electrons. The van der Waals surface area contributed by atoms with Crippen molar-refractivity contribution in [2.24, 2.45) is 0 Å². The lowest BCUT2D eigenvalue weighted by atomic mass is 10.1. The van der Waals surface area contributed by atoms with Crippen molar-refractivity contribution >= 4 is 17.2 Å². The molecular weight excluding hydrogens is 310 g/mol. The molecule has 0 aliphatic carbocycles. The van der Waals surface area contributed by atoms with Crippen LogP contribution in [0.25, 0.3) is 0 Å². The summed E-state index contributed by atoms with van der Waals surface area (Å²) in [6.45, 7) is 8.94. The number of rotatable bonds is 7. The van der Waals surface area contributed by atoms with Gasteiger partial charge in [0.2, 0.25) is 0 Å². The van der Waals surface area contributed by atoms with E-state index in [1.165, 1.54) is 11.3 Å². The van der Waals surface area contributed by atoms with E-state index in [4.69, 9.17) is 9.47 Å². The molecule has 2 rings (SSSR count). The van der Waals surface area contributed by atoms with Crippen LogP contribution in [0.3, 0.4) is 0 Å². The van der Waals surface area contributed by atoms with Crippen LogP contribution in [0.15, 0.2) is 29.6 Å². The Bertz CT molecular complexity index is 666. The van der Waals surface area contributed by atoms with E-state index in [0.717, 1.165) is 21.8 Å². The van der Waals surface area contributed by atoms with Gasteiger partial charge in [0, 0.05) is 0 Å². The minimum absolute atomic E-state index is 0.0446. The normalized spacial score (nSPS) is 11.8. The molecule has 124 valence electrons. The minimum atomic E-state index is -0.112. The summed E-state index contributed by atoms with van der Waals surface area (Å²) in [6.07, 6.45) is 0. The van der Waals surface area contributed by atoms with Crippen molar-refractivity contribution in [1.29, 1.82) is 0 Å². The average molecular weight is 333 g/mol. The van der Waals surface area contributed by atoms with Crippen molar-refractivity contribution in [2.75, 3.05) is 13.2 Å². The van der Waals surface area contributed by atoms with Crippen LogP contribution in [0.2, 0.25) is 0 Å². The second kappa shape index (κ2) is 8.02. The number of hydrogen-bond donors (Lipinski definition) is 1. The van der Waals surface area contributed by atoms with Crippen LogP contribution in [0.1, 0.15) is 47.6 Å². The average Bonchev–Trinajstić information content (AvgIpc) is 2.95. The van der Waals surface area contributed by atoms with Gasteiger partial charge in [-0.2, -0.15) is 0 Å².